The predicted octanol–water partition coefficient (Wildman–Crippen LogP) is 6.71. The minimum atomic E-state index is -4.61. The third-order valence-corrected chi connectivity index (χ3v) is 8.46. The van der Waals surface area contributed by atoms with E-state index in [9.17, 15) is 35.6 Å². The Morgan fingerprint density at radius 3 is 2.43 bits per heavy atom. The van der Waals surface area contributed by atoms with Gasteiger partial charge in [-0.3, -0.25) is 13.9 Å². The number of aromatic amines is 1. The number of nitrogens with one attached hydrogen (secondary N) is 2. The minimum absolute atomic E-state index is 0.0908. The molecule has 0 aliphatic heterocycles. The lowest BCUT2D eigenvalue weighted by atomic mass is 9.98. The van der Waals surface area contributed by atoms with E-state index in [1.807, 2.05) is 5.32 Å². The molecule has 0 saturated carbocycles. The van der Waals surface area contributed by atoms with Crippen molar-refractivity contribution in [2.45, 2.75) is 6.18 Å². The number of rotatable bonds is 7. The fraction of sp³-hybridized carbons (Fsp3) is 0.125. The average molecular weight is 654 g/mol. The van der Waals surface area contributed by atoms with Crippen LogP contribution in [0.5, 0.6) is 11.5 Å². The standard InChI is InChI=1S/C32H23F4N3O6S/c1-39(46(2,42)43)26-15-27-24(14-23(26)17-5-3-6-18(11-17)30(40)37-16-32(34,35)36)28-29(45-27)22-10-9-21(13-25(22)38-31(28)41)44-20-8-4-7-19(33)12-20/h3-15H,16H2,1-2H3,(H,37,40)(H,38,41). The van der Waals surface area contributed by atoms with Gasteiger partial charge in [-0.15, -0.1) is 0 Å². The summed E-state index contributed by atoms with van der Waals surface area (Å²) in [5, 5.41) is 2.80. The molecule has 0 aliphatic carbocycles. The monoisotopic (exact) mass is 653 g/mol. The smallest absolute Gasteiger partial charge is 0.405 e. The first-order chi connectivity index (χ1) is 21.7. The summed E-state index contributed by atoms with van der Waals surface area (Å²) in [5.41, 5.74) is 0.833. The van der Waals surface area contributed by atoms with Gasteiger partial charge >= 0.3 is 6.18 Å². The number of pyridine rings is 1. The summed E-state index contributed by atoms with van der Waals surface area (Å²) >= 11 is 0. The molecule has 236 valence electrons. The lowest BCUT2D eigenvalue weighted by Gasteiger charge is -2.21. The number of alkyl halides is 3. The highest BCUT2D eigenvalue weighted by atomic mass is 32.2. The van der Waals surface area contributed by atoms with Gasteiger partial charge in [0.2, 0.25) is 10.0 Å². The quantitative estimate of drug-likeness (QED) is 0.185. The molecule has 0 unspecified atom stereocenters. The largest absolute Gasteiger partial charge is 0.457 e. The van der Waals surface area contributed by atoms with Crippen LogP contribution in [-0.4, -0.2) is 45.3 Å². The van der Waals surface area contributed by atoms with Crippen LogP contribution in [0.2, 0.25) is 0 Å². The number of carbonyl (C=O) groups excluding carboxylic acids is 1. The van der Waals surface area contributed by atoms with Crippen molar-refractivity contribution in [2.24, 2.45) is 0 Å². The SMILES string of the molecule is CN(c1cc2oc3c4ccc(Oc5cccc(F)c5)cc4[nH]c(=O)c3c2cc1-c1cccc(C(=O)NCC(F)(F)F)c1)S(C)(=O)=O. The Morgan fingerprint density at radius 1 is 0.978 bits per heavy atom. The molecular formula is C32H23F4N3O6S. The van der Waals surface area contributed by atoms with Gasteiger partial charge < -0.3 is 19.5 Å². The summed E-state index contributed by atoms with van der Waals surface area (Å²) in [6.45, 7) is -1.53. The van der Waals surface area contributed by atoms with Crippen molar-refractivity contribution in [1.82, 2.24) is 10.3 Å². The number of carbonyl (C=O) groups is 1. The van der Waals surface area contributed by atoms with E-state index >= 15 is 0 Å². The number of sulfonamides is 1. The molecule has 6 rings (SSSR count). The molecule has 46 heavy (non-hydrogen) atoms. The maximum absolute atomic E-state index is 13.6. The fourth-order valence-corrected chi connectivity index (χ4v) is 5.58. The van der Waals surface area contributed by atoms with Crippen molar-refractivity contribution in [1.29, 1.82) is 0 Å². The van der Waals surface area contributed by atoms with E-state index in [4.69, 9.17) is 9.15 Å². The zero-order valence-electron chi connectivity index (χ0n) is 24.0. The molecule has 0 atom stereocenters. The number of ether oxygens (including phenoxy) is 1. The Labute approximate surface area is 258 Å². The van der Waals surface area contributed by atoms with Crippen LogP contribution in [0.1, 0.15) is 10.4 Å². The summed E-state index contributed by atoms with van der Waals surface area (Å²) < 4.78 is 89.8. The van der Waals surface area contributed by atoms with Gasteiger partial charge in [-0.1, -0.05) is 18.2 Å². The van der Waals surface area contributed by atoms with E-state index in [1.54, 1.807) is 30.3 Å². The summed E-state index contributed by atoms with van der Waals surface area (Å²) in [4.78, 5) is 28.8. The second-order valence-corrected chi connectivity index (χ2v) is 12.5. The Morgan fingerprint density at radius 2 is 1.72 bits per heavy atom. The van der Waals surface area contributed by atoms with Crippen molar-refractivity contribution < 1.29 is 39.9 Å². The third-order valence-electron chi connectivity index (χ3n) is 7.27. The van der Waals surface area contributed by atoms with E-state index in [2.05, 4.69) is 4.98 Å². The molecule has 4 aromatic carbocycles. The molecule has 6 aromatic rings. The number of benzene rings is 4. The molecule has 0 saturated heterocycles. The highest BCUT2D eigenvalue weighted by Crippen LogP contribution is 2.40. The molecule has 2 N–H and O–H groups in total. The van der Waals surface area contributed by atoms with E-state index < -0.39 is 40.0 Å². The van der Waals surface area contributed by atoms with E-state index in [-0.39, 0.29) is 39.1 Å². The normalized spacial score (nSPS) is 12.1. The first-order valence-electron chi connectivity index (χ1n) is 13.6. The minimum Gasteiger partial charge on any atom is -0.457 e. The lowest BCUT2D eigenvalue weighted by Crippen LogP contribution is -2.33. The van der Waals surface area contributed by atoms with Crippen molar-refractivity contribution in [3.63, 3.8) is 0 Å². The molecule has 2 heterocycles. The number of amides is 1. The van der Waals surface area contributed by atoms with Gasteiger partial charge in [0, 0.05) is 47.1 Å². The number of furan rings is 1. The number of nitrogens with zero attached hydrogens (tertiary/aromatic N) is 1. The van der Waals surface area contributed by atoms with Crippen molar-refractivity contribution >= 4 is 54.5 Å². The number of aromatic nitrogens is 1. The highest BCUT2D eigenvalue weighted by Gasteiger charge is 2.28. The Hall–Kier alpha value is -5.37. The highest BCUT2D eigenvalue weighted by molar-refractivity contribution is 7.92. The van der Waals surface area contributed by atoms with Gasteiger partial charge in [-0.2, -0.15) is 13.2 Å². The van der Waals surface area contributed by atoms with Crippen LogP contribution in [0, 0.1) is 5.82 Å². The van der Waals surface area contributed by atoms with Crippen LogP contribution in [0.4, 0.5) is 23.2 Å². The van der Waals surface area contributed by atoms with Crippen LogP contribution < -0.4 is 19.9 Å². The van der Waals surface area contributed by atoms with E-state index in [1.165, 1.54) is 55.6 Å². The van der Waals surface area contributed by atoms with Crippen molar-refractivity contribution in [3.8, 4) is 22.6 Å². The summed E-state index contributed by atoms with van der Waals surface area (Å²) in [6.07, 6.45) is -3.62. The molecule has 0 aliphatic rings. The molecule has 2 aromatic heterocycles. The maximum Gasteiger partial charge on any atom is 0.405 e. The molecular weight excluding hydrogens is 630 g/mol. The summed E-state index contributed by atoms with van der Waals surface area (Å²) in [6, 6.07) is 19.0. The molecule has 14 heteroatoms. The number of fused-ring (bicyclic) bond motifs is 5. The third kappa shape index (κ3) is 5.98. The number of halogens is 4. The van der Waals surface area contributed by atoms with Crippen LogP contribution in [0.15, 0.2) is 88.1 Å². The molecule has 0 fully saturated rings. The second kappa shape index (κ2) is 11.2. The first kappa shape index (κ1) is 30.6. The molecule has 9 nitrogen and oxygen atoms in total. The van der Waals surface area contributed by atoms with Gasteiger partial charge in [0.25, 0.3) is 11.5 Å². The fourth-order valence-electron chi connectivity index (χ4n) is 5.07. The topological polar surface area (TPSA) is 122 Å². The Balaban J connectivity index is 1.51. The number of anilines is 1. The van der Waals surface area contributed by atoms with Gasteiger partial charge in [0.15, 0.2) is 0 Å². The number of H-pyrrole nitrogens is 1. The average Bonchev–Trinajstić information content (AvgIpc) is 3.37. The molecule has 0 spiro atoms. The zero-order valence-corrected chi connectivity index (χ0v) is 24.8. The first-order valence-corrected chi connectivity index (χ1v) is 15.4. The molecule has 1 amide bonds. The van der Waals surface area contributed by atoms with Gasteiger partial charge in [-0.05, 0) is 48.0 Å². The maximum atomic E-state index is 13.6. The molecule has 0 bridgehead atoms. The van der Waals surface area contributed by atoms with Crippen molar-refractivity contribution in [2.75, 3.05) is 24.2 Å². The van der Waals surface area contributed by atoms with E-state index in [0.29, 0.717) is 27.6 Å². The number of hydrogen-bond donors (Lipinski definition) is 2. The van der Waals surface area contributed by atoms with E-state index in [0.717, 1.165) is 10.6 Å². The van der Waals surface area contributed by atoms with Crippen LogP contribution in [-0.2, 0) is 10.0 Å². The van der Waals surface area contributed by atoms with Gasteiger partial charge in [-0.25, -0.2) is 12.8 Å². The number of hydrogen-bond acceptors (Lipinski definition) is 6. The van der Waals surface area contributed by atoms with Crippen molar-refractivity contribution in [3.05, 3.63) is 101 Å². The summed E-state index contributed by atoms with van der Waals surface area (Å²) in [5.74, 6) is -0.880. The van der Waals surface area contributed by atoms with Crippen LogP contribution >= 0.6 is 0 Å². The lowest BCUT2D eigenvalue weighted by molar-refractivity contribution is -0.123. The second-order valence-electron chi connectivity index (χ2n) is 10.5. The van der Waals surface area contributed by atoms with Crippen LogP contribution in [0.3, 0.4) is 0 Å². The zero-order chi connectivity index (χ0) is 33.0. The Kier molecular flexibility index (Phi) is 7.47. The molecule has 0 radical (unpaired) electrons. The Bertz CT molecular complexity index is 2350. The predicted molar refractivity (Wildman–Crippen MR) is 165 cm³/mol. The van der Waals surface area contributed by atoms with Gasteiger partial charge in [0.05, 0.1) is 22.8 Å². The van der Waals surface area contributed by atoms with Crippen LogP contribution in [0.25, 0.3) is 44.0 Å². The van der Waals surface area contributed by atoms with Gasteiger partial charge in [0.1, 0.15) is 35.0 Å². The summed E-state index contributed by atoms with van der Waals surface area (Å²) in [7, 11) is -2.52.